The number of hydrogen-bond donors (Lipinski definition) is 2. The van der Waals surface area contributed by atoms with Gasteiger partial charge in [-0.05, 0) is 53.4 Å². The van der Waals surface area contributed by atoms with E-state index in [4.69, 9.17) is 4.74 Å². The summed E-state index contributed by atoms with van der Waals surface area (Å²) in [5.74, 6) is 0. The van der Waals surface area contributed by atoms with Crippen LogP contribution >= 0.6 is 0 Å². The van der Waals surface area contributed by atoms with Crippen LogP contribution in [-0.2, 0) is 24.3 Å². The number of aromatic nitrogens is 2. The Kier molecular flexibility index (Phi) is 7.82. The summed E-state index contributed by atoms with van der Waals surface area (Å²) >= 11 is 0. The number of urea groups is 1. The lowest BCUT2D eigenvalue weighted by atomic mass is 10.2. The molecule has 0 unspecified atom stereocenters. The molecule has 0 radical (unpaired) electrons. The van der Waals surface area contributed by atoms with E-state index in [1.54, 1.807) is 18.3 Å². The number of rotatable bonds is 9. The van der Waals surface area contributed by atoms with Gasteiger partial charge in [0.25, 0.3) is 0 Å². The Hall–Kier alpha value is -4.23. The predicted octanol–water partition coefficient (Wildman–Crippen LogP) is 4.69. The van der Waals surface area contributed by atoms with Crippen LogP contribution in [0.1, 0.15) is 16.7 Å². The molecule has 0 saturated heterocycles. The lowest BCUT2D eigenvalue weighted by Crippen LogP contribution is -2.22. The molecule has 4 rings (SSSR count). The van der Waals surface area contributed by atoms with Crippen LogP contribution in [-0.4, -0.2) is 22.2 Å². The number of carbonyl (C=O) groups excluding carboxylic acids is 1. The highest BCUT2D eigenvalue weighted by Crippen LogP contribution is 2.15. The maximum absolute atomic E-state index is 12.5. The minimum Gasteiger partial charge on any atom is -0.376 e. The molecule has 0 atom stereocenters. The Morgan fingerprint density at radius 2 is 1.50 bits per heavy atom. The van der Waals surface area contributed by atoms with Gasteiger partial charge in [0.15, 0.2) is 0 Å². The van der Waals surface area contributed by atoms with Crippen LogP contribution in [0.5, 0.6) is 0 Å². The molecule has 0 aliphatic heterocycles. The Bertz CT molecular complexity index is 1290. The fourth-order valence-electron chi connectivity index (χ4n) is 3.51. The van der Waals surface area contributed by atoms with E-state index in [0.717, 1.165) is 17.5 Å². The maximum Gasteiger partial charge on any atom is 0.347 e. The number of nitrogens with zero attached hydrogens (tertiary/aromatic N) is 2. The van der Waals surface area contributed by atoms with E-state index < -0.39 is 0 Å². The predicted molar refractivity (Wildman–Crippen MR) is 133 cm³/mol. The van der Waals surface area contributed by atoms with Crippen molar-refractivity contribution in [3.05, 3.63) is 124 Å². The second-order valence-electron chi connectivity index (χ2n) is 7.80. The molecular formula is C27H26N4O3. The van der Waals surface area contributed by atoms with Crippen LogP contribution in [0.25, 0.3) is 0 Å². The highest BCUT2D eigenvalue weighted by atomic mass is 16.5. The summed E-state index contributed by atoms with van der Waals surface area (Å²) in [4.78, 5) is 28.1. The number of carbonyl (C=O) groups is 1. The van der Waals surface area contributed by atoms with Gasteiger partial charge in [0.1, 0.15) is 0 Å². The Morgan fingerprint density at radius 1 is 0.824 bits per heavy atom. The van der Waals surface area contributed by atoms with Gasteiger partial charge in [-0.2, -0.15) is 0 Å². The van der Waals surface area contributed by atoms with Crippen molar-refractivity contribution in [2.24, 2.45) is 0 Å². The van der Waals surface area contributed by atoms with Gasteiger partial charge in [-0.25, -0.2) is 14.6 Å². The summed E-state index contributed by atoms with van der Waals surface area (Å²) < 4.78 is 7.30. The van der Waals surface area contributed by atoms with Crippen molar-refractivity contribution in [3.8, 4) is 0 Å². The molecule has 0 aliphatic rings. The number of hydrogen-bond acceptors (Lipinski definition) is 4. The van der Waals surface area contributed by atoms with Crippen molar-refractivity contribution in [1.29, 1.82) is 0 Å². The molecular weight excluding hydrogens is 428 g/mol. The molecule has 3 aromatic carbocycles. The SMILES string of the molecule is O=C(Nc1cccc(COCCc2ccccc2)c1)Nc1cccc(Cn2cccnc2=O)c1. The summed E-state index contributed by atoms with van der Waals surface area (Å²) in [7, 11) is 0. The topological polar surface area (TPSA) is 85.2 Å². The number of benzene rings is 3. The zero-order valence-electron chi connectivity index (χ0n) is 18.7. The standard InChI is InChI=1S/C27H26N4O3/c32-26(29-24-11-4-9-22(17-24)19-31-15-6-14-28-27(31)33)30-25-12-5-10-23(18-25)20-34-16-13-21-7-2-1-3-8-21/h1-12,14-15,17-18H,13,16,19-20H2,(H2,29,30,32). The van der Waals surface area contributed by atoms with Gasteiger partial charge in [0, 0.05) is 23.8 Å². The molecule has 2 N–H and O–H groups in total. The zero-order chi connectivity index (χ0) is 23.6. The van der Waals surface area contributed by atoms with Crippen molar-refractivity contribution in [2.45, 2.75) is 19.6 Å². The van der Waals surface area contributed by atoms with Gasteiger partial charge in [0.05, 0.1) is 19.8 Å². The molecule has 34 heavy (non-hydrogen) atoms. The van der Waals surface area contributed by atoms with Crippen LogP contribution in [0, 0.1) is 0 Å². The van der Waals surface area contributed by atoms with Crippen LogP contribution in [0.15, 0.2) is 102 Å². The number of amides is 2. The third-order valence-electron chi connectivity index (χ3n) is 5.15. The van der Waals surface area contributed by atoms with Gasteiger partial charge >= 0.3 is 11.7 Å². The normalized spacial score (nSPS) is 10.6. The van der Waals surface area contributed by atoms with Crippen LogP contribution in [0.2, 0.25) is 0 Å². The van der Waals surface area contributed by atoms with Crippen molar-refractivity contribution < 1.29 is 9.53 Å². The fourth-order valence-corrected chi connectivity index (χ4v) is 3.51. The van der Waals surface area contributed by atoms with E-state index in [1.165, 1.54) is 16.3 Å². The largest absolute Gasteiger partial charge is 0.376 e. The summed E-state index contributed by atoms with van der Waals surface area (Å²) in [5, 5.41) is 5.69. The molecule has 2 amide bonds. The molecule has 4 aromatic rings. The van der Waals surface area contributed by atoms with Gasteiger partial charge in [-0.15, -0.1) is 0 Å². The first-order valence-electron chi connectivity index (χ1n) is 11.0. The quantitative estimate of drug-likeness (QED) is 0.359. The smallest absolute Gasteiger partial charge is 0.347 e. The molecule has 0 saturated carbocycles. The van der Waals surface area contributed by atoms with E-state index in [-0.39, 0.29) is 11.7 Å². The molecule has 7 heteroatoms. The van der Waals surface area contributed by atoms with Gasteiger partial charge in [-0.1, -0.05) is 54.6 Å². The zero-order valence-corrected chi connectivity index (χ0v) is 18.7. The highest BCUT2D eigenvalue weighted by molar-refractivity contribution is 5.99. The van der Waals surface area contributed by atoms with Crippen molar-refractivity contribution in [1.82, 2.24) is 9.55 Å². The molecule has 0 aliphatic carbocycles. The Balaban J connectivity index is 1.28. The van der Waals surface area contributed by atoms with Gasteiger partial charge < -0.3 is 15.4 Å². The van der Waals surface area contributed by atoms with Gasteiger partial charge in [0.2, 0.25) is 0 Å². The molecule has 172 valence electrons. The number of anilines is 2. The summed E-state index contributed by atoms with van der Waals surface area (Å²) in [6, 6.07) is 26.5. The van der Waals surface area contributed by atoms with Crippen LogP contribution in [0.3, 0.4) is 0 Å². The highest BCUT2D eigenvalue weighted by Gasteiger charge is 2.06. The molecule has 0 spiro atoms. The first kappa shape index (κ1) is 22.9. The molecule has 0 bridgehead atoms. The van der Waals surface area contributed by atoms with E-state index in [9.17, 15) is 9.59 Å². The monoisotopic (exact) mass is 454 g/mol. The molecule has 1 aromatic heterocycles. The van der Waals surface area contributed by atoms with Crippen molar-refractivity contribution in [3.63, 3.8) is 0 Å². The Labute approximate surface area is 198 Å². The molecule has 7 nitrogen and oxygen atoms in total. The van der Waals surface area contributed by atoms with Gasteiger partial charge in [-0.3, -0.25) is 4.57 Å². The summed E-state index contributed by atoms with van der Waals surface area (Å²) in [6.45, 7) is 1.47. The first-order chi connectivity index (χ1) is 16.7. The van der Waals surface area contributed by atoms with E-state index >= 15 is 0 Å². The minimum absolute atomic E-state index is 0.317. The molecule has 0 fully saturated rings. The van der Waals surface area contributed by atoms with Crippen LogP contribution in [0.4, 0.5) is 16.2 Å². The van der Waals surface area contributed by atoms with Crippen LogP contribution < -0.4 is 16.3 Å². The van der Waals surface area contributed by atoms with Crippen molar-refractivity contribution >= 4 is 17.4 Å². The van der Waals surface area contributed by atoms with E-state index in [1.807, 2.05) is 60.7 Å². The average Bonchev–Trinajstić information content (AvgIpc) is 2.84. The van der Waals surface area contributed by atoms with E-state index in [2.05, 4.69) is 27.8 Å². The number of ether oxygens (including phenoxy) is 1. The third kappa shape index (κ3) is 6.88. The lowest BCUT2D eigenvalue weighted by Gasteiger charge is -2.11. The fraction of sp³-hybridized carbons (Fsp3) is 0.148. The van der Waals surface area contributed by atoms with Crippen molar-refractivity contribution in [2.75, 3.05) is 17.2 Å². The second-order valence-corrected chi connectivity index (χ2v) is 7.80. The second kappa shape index (κ2) is 11.6. The Morgan fingerprint density at radius 3 is 2.24 bits per heavy atom. The summed E-state index contributed by atoms with van der Waals surface area (Å²) in [5.41, 5.74) is 4.10. The van der Waals surface area contributed by atoms with E-state index in [0.29, 0.717) is 31.1 Å². The number of nitrogens with one attached hydrogen (secondary N) is 2. The minimum atomic E-state index is -0.349. The first-order valence-corrected chi connectivity index (χ1v) is 11.0. The average molecular weight is 455 g/mol. The third-order valence-corrected chi connectivity index (χ3v) is 5.15. The summed E-state index contributed by atoms with van der Waals surface area (Å²) in [6.07, 6.45) is 4.00. The lowest BCUT2D eigenvalue weighted by molar-refractivity contribution is 0.124. The maximum atomic E-state index is 12.5. The molecule has 1 heterocycles.